The molecule has 51 heavy (non-hydrogen) atoms. The zero-order valence-corrected chi connectivity index (χ0v) is 35.5. The number of quaternary nitrogens is 1. The van der Waals surface area contributed by atoms with E-state index in [2.05, 4.69) is 13.8 Å². The fourth-order valence-electron chi connectivity index (χ4n) is 6.26. The van der Waals surface area contributed by atoms with Crippen molar-refractivity contribution in [3.05, 3.63) is 0 Å². The van der Waals surface area contributed by atoms with Crippen LogP contribution in [0.4, 0.5) is 0 Å². The first-order valence-corrected chi connectivity index (χ1v) is 23.3. The Kier molecular flexibility index (Phi) is 36.1. The number of nitrogens with zero attached hydrogens (tertiary/aromatic N) is 1. The summed E-state index contributed by atoms with van der Waals surface area (Å²) in [5, 5.41) is 0. The number of hydrogen-bond donors (Lipinski definition) is 1. The summed E-state index contributed by atoms with van der Waals surface area (Å²) in [6.07, 6.45) is 37.0. The van der Waals surface area contributed by atoms with Gasteiger partial charge in [0.15, 0.2) is 0 Å². The number of rotatable bonds is 41. The van der Waals surface area contributed by atoms with Crippen molar-refractivity contribution >= 4 is 13.8 Å². The molecule has 0 heterocycles. The molecule has 0 radical (unpaired) electrons. The summed E-state index contributed by atoms with van der Waals surface area (Å²) < 4.78 is 34.9. The summed E-state index contributed by atoms with van der Waals surface area (Å²) in [6, 6.07) is 0. The van der Waals surface area contributed by atoms with Crippen molar-refractivity contribution in [2.24, 2.45) is 0 Å². The molecule has 0 saturated carbocycles. The molecule has 0 fully saturated rings. The van der Waals surface area contributed by atoms with Crippen LogP contribution < -0.4 is 0 Å². The van der Waals surface area contributed by atoms with E-state index in [1.165, 1.54) is 154 Å². The number of carbonyl (C=O) groups is 1. The number of phosphoric ester groups is 1. The Morgan fingerprint density at radius 2 is 0.902 bits per heavy atom. The minimum atomic E-state index is -4.26. The fourth-order valence-corrected chi connectivity index (χ4v) is 7.00. The van der Waals surface area contributed by atoms with Gasteiger partial charge < -0.3 is 18.9 Å². The van der Waals surface area contributed by atoms with Crippen LogP contribution in [0.1, 0.15) is 206 Å². The molecule has 0 aromatic heterocycles. The lowest BCUT2D eigenvalue weighted by molar-refractivity contribution is -0.870. The second kappa shape index (κ2) is 36.5. The summed E-state index contributed by atoms with van der Waals surface area (Å²) in [7, 11) is 1.68. The Morgan fingerprint density at radius 3 is 1.29 bits per heavy atom. The van der Waals surface area contributed by atoms with Crippen molar-refractivity contribution in [3.63, 3.8) is 0 Å². The third-order valence-electron chi connectivity index (χ3n) is 9.67. The highest BCUT2D eigenvalue weighted by Crippen LogP contribution is 2.43. The molecule has 9 heteroatoms. The van der Waals surface area contributed by atoms with Gasteiger partial charge >= 0.3 is 13.8 Å². The molecule has 0 bridgehead atoms. The van der Waals surface area contributed by atoms with Crippen LogP contribution in [0.5, 0.6) is 0 Å². The van der Waals surface area contributed by atoms with Gasteiger partial charge in [0, 0.05) is 13.0 Å². The molecule has 2 atom stereocenters. The molecule has 0 rings (SSSR count). The molecule has 0 aliphatic heterocycles. The molecule has 0 aromatic carbocycles. The number of phosphoric acid groups is 1. The van der Waals surface area contributed by atoms with E-state index in [-0.39, 0.29) is 25.8 Å². The smallest absolute Gasteiger partial charge is 0.457 e. The summed E-state index contributed by atoms with van der Waals surface area (Å²) in [5.74, 6) is -0.308. The molecule has 0 spiro atoms. The van der Waals surface area contributed by atoms with Gasteiger partial charge in [-0.15, -0.1) is 0 Å². The predicted octanol–water partition coefficient (Wildman–Crippen LogP) is 12.5. The maximum Gasteiger partial charge on any atom is 0.472 e. The van der Waals surface area contributed by atoms with E-state index in [9.17, 15) is 14.3 Å². The molecule has 0 aromatic rings. The summed E-state index contributed by atoms with van der Waals surface area (Å²) in [6.45, 7) is 5.66. The number of likely N-dealkylation sites (N-methyl/N-ethyl adjacent to an activating group) is 1. The number of unbranched alkanes of at least 4 members (excludes halogenated alkanes) is 27. The van der Waals surface area contributed by atoms with Gasteiger partial charge in [-0.25, -0.2) is 4.57 Å². The van der Waals surface area contributed by atoms with Crippen molar-refractivity contribution < 1.29 is 37.3 Å². The van der Waals surface area contributed by atoms with Crippen molar-refractivity contribution in [1.82, 2.24) is 0 Å². The lowest BCUT2D eigenvalue weighted by Crippen LogP contribution is -2.37. The number of esters is 1. The Hall–Kier alpha value is -0.500. The SMILES string of the molecule is CCCCCCCCCCCCCCCCCCCCCC(=O)OC(COCCCCCCCCCCCC)COP(=O)(O)OCC[N+](C)(C)C. The molecule has 0 aliphatic carbocycles. The Labute approximate surface area is 317 Å². The Balaban J connectivity index is 4.12. The summed E-state index contributed by atoms with van der Waals surface area (Å²) in [4.78, 5) is 22.8. The monoisotopic (exact) mass is 749 g/mol. The van der Waals surface area contributed by atoms with Crippen LogP contribution in [0.15, 0.2) is 0 Å². The van der Waals surface area contributed by atoms with Gasteiger partial charge in [0.25, 0.3) is 0 Å². The third kappa shape index (κ3) is 40.5. The van der Waals surface area contributed by atoms with E-state index in [0.717, 1.165) is 32.1 Å². The third-order valence-corrected chi connectivity index (χ3v) is 10.7. The minimum Gasteiger partial charge on any atom is -0.457 e. The van der Waals surface area contributed by atoms with Crippen LogP contribution in [0.25, 0.3) is 0 Å². The highest BCUT2D eigenvalue weighted by atomic mass is 31.2. The van der Waals surface area contributed by atoms with Gasteiger partial charge in [-0.1, -0.05) is 187 Å². The molecule has 8 nitrogen and oxygen atoms in total. The van der Waals surface area contributed by atoms with Crippen molar-refractivity contribution in [2.45, 2.75) is 213 Å². The lowest BCUT2D eigenvalue weighted by Gasteiger charge is -2.24. The molecule has 2 unspecified atom stereocenters. The zero-order chi connectivity index (χ0) is 37.7. The molecular formula is C42H87NO7P+. The summed E-state index contributed by atoms with van der Waals surface area (Å²) in [5.41, 5.74) is 0. The Morgan fingerprint density at radius 1 is 0.529 bits per heavy atom. The van der Waals surface area contributed by atoms with Crippen LogP contribution >= 0.6 is 7.82 Å². The summed E-state index contributed by atoms with van der Waals surface area (Å²) >= 11 is 0. The average molecular weight is 749 g/mol. The molecule has 0 amide bonds. The first kappa shape index (κ1) is 50.5. The quantitative estimate of drug-likeness (QED) is 0.0288. The molecular weight excluding hydrogens is 661 g/mol. The zero-order valence-electron chi connectivity index (χ0n) is 34.6. The normalized spacial score (nSPS) is 13.8. The van der Waals surface area contributed by atoms with E-state index in [1.54, 1.807) is 0 Å². The van der Waals surface area contributed by atoms with Crippen LogP contribution in [0.3, 0.4) is 0 Å². The van der Waals surface area contributed by atoms with Crippen molar-refractivity contribution in [3.8, 4) is 0 Å². The molecule has 0 saturated heterocycles. The minimum absolute atomic E-state index is 0.0936. The number of ether oxygens (including phenoxy) is 2. The lowest BCUT2D eigenvalue weighted by atomic mass is 10.0. The van der Waals surface area contributed by atoms with Crippen molar-refractivity contribution in [1.29, 1.82) is 0 Å². The van der Waals surface area contributed by atoms with E-state index in [1.807, 2.05) is 21.1 Å². The predicted molar refractivity (Wildman–Crippen MR) is 215 cm³/mol. The Bertz CT molecular complexity index is 792. The maximum atomic E-state index is 12.7. The van der Waals surface area contributed by atoms with E-state index in [0.29, 0.717) is 24.1 Å². The second-order valence-electron chi connectivity index (χ2n) is 16.1. The van der Waals surface area contributed by atoms with Gasteiger partial charge in [0.1, 0.15) is 19.3 Å². The number of carbonyl (C=O) groups excluding carboxylic acids is 1. The van der Waals surface area contributed by atoms with Gasteiger partial charge in [-0.05, 0) is 12.8 Å². The first-order chi connectivity index (χ1) is 24.6. The van der Waals surface area contributed by atoms with Gasteiger partial charge in [0.05, 0.1) is 34.4 Å². The largest absolute Gasteiger partial charge is 0.472 e. The number of hydrogen-bond acceptors (Lipinski definition) is 6. The molecule has 1 N–H and O–H groups in total. The van der Waals surface area contributed by atoms with Crippen LogP contribution in [0.2, 0.25) is 0 Å². The van der Waals surface area contributed by atoms with Crippen LogP contribution in [-0.4, -0.2) is 75.6 Å². The molecule has 306 valence electrons. The van der Waals surface area contributed by atoms with E-state index >= 15 is 0 Å². The van der Waals surface area contributed by atoms with Gasteiger partial charge in [-0.2, -0.15) is 0 Å². The molecule has 0 aliphatic rings. The van der Waals surface area contributed by atoms with Gasteiger partial charge in [-0.3, -0.25) is 13.8 Å². The van der Waals surface area contributed by atoms with E-state index in [4.69, 9.17) is 18.5 Å². The second-order valence-corrected chi connectivity index (χ2v) is 17.5. The highest BCUT2D eigenvalue weighted by molar-refractivity contribution is 7.47. The fraction of sp³-hybridized carbons (Fsp3) is 0.976. The first-order valence-electron chi connectivity index (χ1n) is 21.8. The standard InChI is InChI=1S/C42H86NO7P/c1-6-8-10-12-14-16-18-19-20-21-22-23-24-25-26-27-29-31-33-35-42(44)50-41(40-49-51(45,46)48-38-36-43(3,4)5)39-47-37-34-32-30-28-17-15-13-11-9-7-2/h41H,6-40H2,1-5H3/p+1. The highest BCUT2D eigenvalue weighted by Gasteiger charge is 2.26. The van der Waals surface area contributed by atoms with Crippen LogP contribution in [-0.2, 0) is 27.9 Å². The average Bonchev–Trinajstić information content (AvgIpc) is 3.08. The van der Waals surface area contributed by atoms with Crippen molar-refractivity contribution in [2.75, 3.05) is 54.1 Å². The van der Waals surface area contributed by atoms with Crippen LogP contribution in [0, 0.1) is 0 Å². The topological polar surface area (TPSA) is 91.3 Å². The van der Waals surface area contributed by atoms with E-state index < -0.39 is 13.9 Å². The maximum absolute atomic E-state index is 12.7. The van der Waals surface area contributed by atoms with Gasteiger partial charge in [0.2, 0.25) is 0 Å².